The normalized spacial score (nSPS) is 14.4. The van der Waals surface area contributed by atoms with Crippen molar-refractivity contribution in [1.29, 1.82) is 0 Å². The summed E-state index contributed by atoms with van der Waals surface area (Å²) in [4.78, 5) is 21.4. The number of benzene rings is 1. The minimum Gasteiger partial charge on any atom is -0.321 e. The summed E-state index contributed by atoms with van der Waals surface area (Å²) in [5.41, 5.74) is -1.19. The van der Waals surface area contributed by atoms with E-state index in [2.05, 4.69) is 5.32 Å². The van der Waals surface area contributed by atoms with Crippen LogP contribution in [-0.2, 0) is 10.2 Å². The van der Waals surface area contributed by atoms with Crippen LogP contribution in [0.1, 0.15) is 37.3 Å². The van der Waals surface area contributed by atoms with Crippen molar-refractivity contribution < 1.29 is 13.8 Å². The summed E-state index contributed by atoms with van der Waals surface area (Å²) in [5, 5.41) is 13.4. The van der Waals surface area contributed by atoms with E-state index in [1.54, 1.807) is 0 Å². The Balaban J connectivity index is 3.38. The van der Waals surface area contributed by atoms with E-state index in [1.807, 2.05) is 0 Å². The van der Waals surface area contributed by atoms with E-state index in [0.29, 0.717) is 5.56 Å². The molecule has 0 saturated heterocycles. The van der Waals surface area contributed by atoms with E-state index in [0.717, 1.165) is 0 Å². The number of carbonyl (C=O) groups excluding carboxylic acids is 1. The zero-order chi connectivity index (χ0) is 15.7. The molecule has 0 aliphatic carbocycles. The lowest BCUT2D eigenvalue weighted by molar-refractivity contribution is -0.384. The fourth-order valence-electron chi connectivity index (χ4n) is 1.37. The molecule has 0 unspecified atom stereocenters. The number of anilines is 1. The highest BCUT2D eigenvalue weighted by molar-refractivity contribution is 5.91. The van der Waals surface area contributed by atoms with Gasteiger partial charge in [-0.2, -0.15) is 0 Å². The number of nitro benzene ring substituents is 1. The molecule has 1 N–H and O–H groups in total. The zero-order valence-corrected chi connectivity index (χ0v) is 9.90. The van der Waals surface area contributed by atoms with Crippen LogP contribution < -0.4 is 5.32 Å². The highest BCUT2D eigenvalue weighted by atomic mass is 16.6. The highest BCUT2D eigenvalue weighted by Crippen LogP contribution is 2.31. The highest BCUT2D eigenvalue weighted by Gasteiger charge is 2.21. The number of nitrogens with one attached hydrogen (secondary N) is 1. The molecule has 0 saturated carbocycles. The molecule has 0 atom stereocenters. The van der Waals surface area contributed by atoms with E-state index in [-0.39, 0.29) is 11.4 Å². The molecule has 1 amide bonds. The third-order valence-corrected chi connectivity index (χ3v) is 2.23. The van der Waals surface area contributed by atoms with Crippen LogP contribution >= 0.6 is 0 Å². The average molecular weight is 239 g/mol. The first-order valence-electron chi connectivity index (χ1n) is 6.53. The third kappa shape index (κ3) is 3.27. The van der Waals surface area contributed by atoms with Crippen molar-refractivity contribution in [2.45, 2.75) is 33.0 Å². The first kappa shape index (κ1) is 9.15. The first-order valence-corrected chi connectivity index (χ1v) is 5.03. The van der Waals surface area contributed by atoms with Gasteiger partial charge >= 0.3 is 0 Å². The Labute approximate surface area is 104 Å². The molecule has 1 aromatic carbocycles. The summed E-state index contributed by atoms with van der Waals surface area (Å²) >= 11 is 0. The van der Waals surface area contributed by atoms with Crippen LogP contribution in [0.5, 0.6) is 0 Å². The molecular formula is C12H16N2O3. The van der Waals surface area contributed by atoms with Crippen LogP contribution in [-0.4, -0.2) is 10.8 Å². The SMILES string of the molecule is [2H]C([2H])([2H])C(C)(C)c1ccc(NC(C)=O)c([N+](=O)[O-])c1. The Bertz CT molecular complexity index is 553. The Morgan fingerprint density at radius 2 is 2.18 bits per heavy atom. The molecule has 5 nitrogen and oxygen atoms in total. The smallest absolute Gasteiger partial charge is 0.293 e. The zero-order valence-electron chi connectivity index (χ0n) is 12.9. The number of hydrogen-bond acceptors (Lipinski definition) is 3. The van der Waals surface area contributed by atoms with Gasteiger partial charge in [-0.25, -0.2) is 0 Å². The predicted molar refractivity (Wildman–Crippen MR) is 66.1 cm³/mol. The summed E-state index contributed by atoms with van der Waals surface area (Å²) in [7, 11) is 0. The molecule has 92 valence electrons. The summed E-state index contributed by atoms with van der Waals surface area (Å²) in [5.74, 6) is -0.434. The Hall–Kier alpha value is -1.91. The predicted octanol–water partition coefficient (Wildman–Crippen LogP) is 2.85. The van der Waals surface area contributed by atoms with Crippen LogP contribution in [0.25, 0.3) is 0 Å². The van der Waals surface area contributed by atoms with E-state index in [1.165, 1.54) is 39.0 Å². The van der Waals surface area contributed by atoms with E-state index in [4.69, 9.17) is 4.11 Å². The van der Waals surface area contributed by atoms with E-state index >= 15 is 0 Å². The summed E-state index contributed by atoms with van der Waals surface area (Å²) < 4.78 is 22.5. The monoisotopic (exact) mass is 239 g/mol. The number of hydrogen-bond donors (Lipinski definition) is 1. The maximum atomic E-state index is 11.0. The summed E-state index contributed by atoms with van der Waals surface area (Å²) in [6.45, 7) is 1.94. The largest absolute Gasteiger partial charge is 0.321 e. The van der Waals surface area contributed by atoms with Gasteiger partial charge in [0.2, 0.25) is 5.91 Å². The van der Waals surface area contributed by atoms with Crippen molar-refractivity contribution in [2.24, 2.45) is 0 Å². The van der Waals surface area contributed by atoms with E-state index in [9.17, 15) is 14.9 Å². The maximum Gasteiger partial charge on any atom is 0.293 e. The molecule has 0 aliphatic heterocycles. The van der Waals surface area contributed by atoms with Gasteiger partial charge in [0.05, 0.1) is 4.92 Å². The number of carbonyl (C=O) groups is 1. The molecule has 0 aliphatic rings. The lowest BCUT2D eigenvalue weighted by Crippen LogP contribution is -2.13. The van der Waals surface area contributed by atoms with Gasteiger partial charge in [-0.15, -0.1) is 0 Å². The summed E-state index contributed by atoms with van der Waals surface area (Å²) in [6, 6.07) is 4.02. The molecule has 5 heteroatoms. The Morgan fingerprint density at radius 1 is 1.53 bits per heavy atom. The maximum absolute atomic E-state index is 11.0. The molecular weight excluding hydrogens is 220 g/mol. The van der Waals surface area contributed by atoms with Crippen molar-refractivity contribution in [3.63, 3.8) is 0 Å². The van der Waals surface area contributed by atoms with Gasteiger partial charge in [-0.1, -0.05) is 26.8 Å². The number of nitro groups is 1. The summed E-state index contributed by atoms with van der Waals surface area (Å²) in [6.07, 6.45) is 0. The van der Waals surface area contributed by atoms with E-state index < -0.39 is 23.1 Å². The molecule has 1 aromatic rings. The quantitative estimate of drug-likeness (QED) is 0.637. The second kappa shape index (κ2) is 4.53. The third-order valence-electron chi connectivity index (χ3n) is 2.23. The van der Waals surface area contributed by atoms with Gasteiger partial charge in [0, 0.05) is 17.1 Å². The van der Waals surface area contributed by atoms with Crippen LogP contribution in [0.2, 0.25) is 0 Å². The van der Waals surface area contributed by atoms with Gasteiger partial charge in [0.15, 0.2) is 0 Å². The molecule has 17 heavy (non-hydrogen) atoms. The Morgan fingerprint density at radius 3 is 2.65 bits per heavy atom. The van der Waals surface area contributed by atoms with Crippen molar-refractivity contribution in [3.05, 3.63) is 33.9 Å². The van der Waals surface area contributed by atoms with Gasteiger partial charge < -0.3 is 5.32 Å². The number of amides is 1. The fraction of sp³-hybridized carbons (Fsp3) is 0.417. The molecule has 0 heterocycles. The second-order valence-electron chi connectivity index (χ2n) is 4.30. The minimum absolute atomic E-state index is 0.0487. The van der Waals surface area contributed by atoms with Crippen LogP contribution in [0.15, 0.2) is 18.2 Å². The second-order valence-corrected chi connectivity index (χ2v) is 4.30. The number of rotatable bonds is 2. The molecule has 0 spiro atoms. The van der Waals surface area contributed by atoms with Gasteiger partial charge in [-0.05, 0) is 17.0 Å². The van der Waals surface area contributed by atoms with Crippen molar-refractivity contribution in [3.8, 4) is 0 Å². The van der Waals surface area contributed by atoms with Gasteiger partial charge in [-0.3, -0.25) is 14.9 Å². The molecule has 0 radical (unpaired) electrons. The lowest BCUT2D eigenvalue weighted by Gasteiger charge is -2.19. The Kier molecular flexibility index (Phi) is 2.44. The van der Waals surface area contributed by atoms with Crippen LogP contribution in [0, 0.1) is 10.1 Å². The van der Waals surface area contributed by atoms with Crippen molar-refractivity contribution >= 4 is 17.3 Å². The van der Waals surface area contributed by atoms with Crippen LogP contribution in [0.4, 0.5) is 11.4 Å². The van der Waals surface area contributed by atoms with Crippen molar-refractivity contribution in [2.75, 3.05) is 5.32 Å². The molecule has 0 aromatic heterocycles. The fourth-order valence-corrected chi connectivity index (χ4v) is 1.37. The topological polar surface area (TPSA) is 72.2 Å². The average Bonchev–Trinajstić information content (AvgIpc) is 2.26. The first-order chi connectivity index (χ1) is 8.96. The lowest BCUT2D eigenvalue weighted by atomic mass is 9.86. The number of nitrogens with zero attached hydrogens (tertiary/aromatic N) is 1. The molecule has 0 fully saturated rings. The minimum atomic E-state index is -2.30. The van der Waals surface area contributed by atoms with Gasteiger partial charge in [0.1, 0.15) is 5.69 Å². The van der Waals surface area contributed by atoms with Crippen LogP contribution in [0.3, 0.4) is 0 Å². The molecule has 0 bridgehead atoms. The van der Waals surface area contributed by atoms with Gasteiger partial charge in [0.25, 0.3) is 5.69 Å². The van der Waals surface area contributed by atoms with Crippen molar-refractivity contribution in [1.82, 2.24) is 0 Å². The molecule has 1 rings (SSSR count). The standard InChI is InChI=1S/C12H16N2O3/c1-8(15)13-10-6-5-9(12(2,3)4)7-11(10)14(16)17/h5-7H,1-4H3,(H,13,15)/i2D3.